The summed E-state index contributed by atoms with van der Waals surface area (Å²) in [5.41, 5.74) is -0.202. The van der Waals surface area contributed by atoms with Crippen LogP contribution in [0.2, 0.25) is 0 Å². The summed E-state index contributed by atoms with van der Waals surface area (Å²) in [6.45, 7) is 0. The molecule has 2 aliphatic heterocycles. The monoisotopic (exact) mass is 505 g/mol. The number of halogens is 6. The maximum absolute atomic E-state index is 14.0. The number of aromatic nitrogens is 4. The van der Waals surface area contributed by atoms with Crippen LogP contribution in [0.5, 0.6) is 0 Å². The Balaban J connectivity index is 1.46. The van der Waals surface area contributed by atoms with Gasteiger partial charge in [-0.25, -0.2) is 17.7 Å². The zero-order chi connectivity index (χ0) is 25.5. The highest BCUT2D eigenvalue weighted by atomic mass is 19.4. The molecule has 0 aliphatic carbocycles. The lowest BCUT2D eigenvalue weighted by atomic mass is 9.94. The minimum atomic E-state index is -4.84. The van der Waals surface area contributed by atoms with Crippen LogP contribution >= 0.6 is 0 Å². The second-order valence-electron chi connectivity index (χ2n) is 9.01. The van der Waals surface area contributed by atoms with Crippen molar-refractivity contribution < 1.29 is 31.1 Å². The van der Waals surface area contributed by atoms with E-state index in [1.54, 1.807) is 7.05 Å². The molecular formula is C24H17F6N5O. The lowest BCUT2D eigenvalue weighted by Gasteiger charge is -2.34. The van der Waals surface area contributed by atoms with Crippen LogP contribution in [0.1, 0.15) is 46.2 Å². The molecule has 12 heteroatoms. The van der Waals surface area contributed by atoms with Gasteiger partial charge < -0.3 is 4.90 Å². The second-order valence-corrected chi connectivity index (χ2v) is 9.01. The molecule has 0 radical (unpaired) electrons. The zero-order valence-corrected chi connectivity index (χ0v) is 18.7. The third-order valence-electron chi connectivity index (χ3n) is 6.95. The van der Waals surface area contributed by atoms with Crippen LogP contribution < -0.4 is 0 Å². The Morgan fingerprint density at radius 2 is 1.78 bits per heavy atom. The number of hydrogen-bond donors (Lipinski definition) is 0. The van der Waals surface area contributed by atoms with E-state index in [9.17, 15) is 31.1 Å². The fraction of sp³-hybridized carbons (Fsp3) is 0.292. The molecule has 1 aromatic carbocycles. The van der Waals surface area contributed by atoms with E-state index in [-0.39, 0.29) is 17.5 Å². The van der Waals surface area contributed by atoms with Crippen molar-refractivity contribution in [3.05, 3.63) is 76.5 Å². The van der Waals surface area contributed by atoms with Gasteiger partial charge in [-0.3, -0.25) is 9.48 Å². The van der Waals surface area contributed by atoms with Crippen molar-refractivity contribution in [3.63, 3.8) is 0 Å². The Labute approximate surface area is 199 Å². The smallest absolute Gasteiger partial charge is 0.326 e. The Morgan fingerprint density at radius 1 is 1.06 bits per heavy atom. The molecule has 0 spiro atoms. The van der Waals surface area contributed by atoms with E-state index in [1.807, 2.05) is 0 Å². The van der Waals surface area contributed by atoms with E-state index in [2.05, 4.69) is 10.2 Å². The van der Waals surface area contributed by atoms with E-state index >= 15 is 0 Å². The number of hydrogen-bond acceptors (Lipinski definition) is 3. The number of alkyl halides is 3. The summed E-state index contributed by atoms with van der Waals surface area (Å²) in [7, 11) is 1.56. The largest absolute Gasteiger partial charge is 0.436 e. The van der Waals surface area contributed by atoms with Crippen molar-refractivity contribution in [2.45, 2.75) is 37.5 Å². The summed E-state index contributed by atoms with van der Waals surface area (Å²) in [6, 6.07) is 5.13. The molecule has 6 nitrogen and oxygen atoms in total. The van der Waals surface area contributed by atoms with Crippen LogP contribution in [0.3, 0.4) is 0 Å². The third kappa shape index (κ3) is 3.16. The van der Waals surface area contributed by atoms with Crippen molar-refractivity contribution in [1.82, 2.24) is 24.3 Å². The third-order valence-corrected chi connectivity index (χ3v) is 6.95. The van der Waals surface area contributed by atoms with E-state index < -0.39 is 52.9 Å². The molecule has 186 valence electrons. The number of aryl methyl sites for hydroxylation is 1. The Kier molecular flexibility index (Phi) is 4.76. The maximum Gasteiger partial charge on any atom is 0.436 e. The first-order chi connectivity index (χ1) is 17.1. The number of carbonyl (C=O) groups excluding carboxylic acids is 1. The minimum Gasteiger partial charge on any atom is -0.326 e. The molecule has 2 aliphatic rings. The quantitative estimate of drug-likeness (QED) is 0.282. The van der Waals surface area contributed by atoms with E-state index in [1.165, 1.54) is 34.0 Å². The summed E-state index contributed by atoms with van der Waals surface area (Å²) >= 11 is 0. The van der Waals surface area contributed by atoms with Gasteiger partial charge in [0.25, 0.3) is 5.91 Å². The van der Waals surface area contributed by atoms with Crippen molar-refractivity contribution in [3.8, 4) is 11.3 Å². The minimum absolute atomic E-state index is 0.0407. The number of fused-ring (bicyclic) bond motifs is 5. The molecule has 3 aromatic heterocycles. The summed E-state index contributed by atoms with van der Waals surface area (Å²) in [5.74, 6) is -5.07. The van der Waals surface area contributed by atoms with Gasteiger partial charge in [0.15, 0.2) is 23.1 Å². The Morgan fingerprint density at radius 3 is 2.47 bits per heavy atom. The van der Waals surface area contributed by atoms with Gasteiger partial charge in [-0.2, -0.15) is 23.4 Å². The van der Waals surface area contributed by atoms with E-state index in [0.29, 0.717) is 29.8 Å². The molecule has 1 fully saturated rings. The fourth-order valence-electron chi connectivity index (χ4n) is 5.54. The molecular weight excluding hydrogens is 488 g/mol. The molecule has 0 N–H and O–H groups in total. The van der Waals surface area contributed by atoms with Gasteiger partial charge in [0.2, 0.25) is 0 Å². The topological polar surface area (TPSA) is 55.4 Å². The average Bonchev–Trinajstić information content (AvgIpc) is 3.47. The lowest BCUT2D eigenvalue weighted by Crippen LogP contribution is -2.42. The highest BCUT2D eigenvalue weighted by Crippen LogP contribution is 2.47. The number of benzene rings is 1. The summed E-state index contributed by atoms with van der Waals surface area (Å²) in [4.78, 5) is 15.1. The Hall–Kier alpha value is -3.83. The molecule has 1 saturated heterocycles. The predicted molar refractivity (Wildman–Crippen MR) is 114 cm³/mol. The van der Waals surface area contributed by atoms with Crippen LogP contribution in [0.15, 0.2) is 36.5 Å². The summed E-state index contributed by atoms with van der Waals surface area (Å²) in [5, 5.41) is 8.10. The first-order valence-corrected chi connectivity index (χ1v) is 11.1. The maximum atomic E-state index is 14.0. The number of nitrogens with zero attached hydrogens (tertiary/aromatic N) is 5. The average molecular weight is 505 g/mol. The van der Waals surface area contributed by atoms with Gasteiger partial charge in [-0.05, 0) is 43.5 Å². The first-order valence-electron chi connectivity index (χ1n) is 11.1. The first kappa shape index (κ1) is 22.6. The van der Waals surface area contributed by atoms with Crippen LogP contribution in [-0.2, 0) is 19.6 Å². The second kappa shape index (κ2) is 7.58. The number of carbonyl (C=O) groups is 1. The molecule has 1 amide bonds. The summed E-state index contributed by atoms with van der Waals surface area (Å²) in [6.07, 6.45) is -2.29. The number of pyridine rings is 1. The van der Waals surface area contributed by atoms with Gasteiger partial charge in [0.05, 0.1) is 28.5 Å². The van der Waals surface area contributed by atoms with E-state index in [0.717, 1.165) is 16.6 Å². The van der Waals surface area contributed by atoms with Crippen LogP contribution in [0, 0.1) is 17.5 Å². The van der Waals surface area contributed by atoms with Gasteiger partial charge in [0.1, 0.15) is 0 Å². The molecule has 4 aromatic rings. The molecule has 5 heterocycles. The SMILES string of the molecule is Cn1nc2c(c1-c1cc(F)c(F)c(F)c1)C[C@@H]1CC[C@H]2N1C(=O)c1c(C(F)(F)F)nn2ccccc12. The van der Waals surface area contributed by atoms with Gasteiger partial charge in [-0.1, -0.05) is 6.07 Å². The van der Waals surface area contributed by atoms with Crippen molar-refractivity contribution >= 4 is 11.4 Å². The normalized spacial score (nSPS) is 19.2. The molecule has 2 atom stereocenters. The zero-order valence-electron chi connectivity index (χ0n) is 18.7. The van der Waals surface area contributed by atoms with E-state index in [4.69, 9.17) is 0 Å². The number of amides is 1. The molecule has 0 unspecified atom stereocenters. The Bertz CT molecular complexity index is 1530. The van der Waals surface area contributed by atoms with Crippen molar-refractivity contribution in [2.75, 3.05) is 0 Å². The van der Waals surface area contributed by atoms with Crippen LogP contribution in [0.4, 0.5) is 26.3 Å². The van der Waals surface area contributed by atoms with Crippen molar-refractivity contribution in [1.29, 1.82) is 0 Å². The van der Waals surface area contributed by atoms with Gasteiger partial charge >= 0.3 is 6.18 Å². The molecule has 36 heavy (non-hydrogen) atoms. The highest BCUT2D eigenvalue weighted by molar-refractivity contribution is 6.03. The molecule has 2 bridgehead atoms. The van der Waals surface area contributed by atoms with Crippen LogP contribution in [0.25, 0.3) is 16.8 Å². The van der Waals surface area contributed by atoms with Crippen LogP contribution in [-0.4, -0.2) is 36.2 Å². The number of rotatable bonds is 2. The lowest BCUT2D eigenvalue weighted by molar-refractivity contribution is -0.141. The van der Waals surface area contributed by atoms with Gasteiger partial charge in [0, 0.05) is 30.4 Å². The fourth-order valence-corrected chi connectivity index (χ4v) is 5.54. The van der Waals surface area contributed by atoms with Gasteiger partial charge in [-0.15, -0.1) is 0 Å². The standard InChI is InChI=1S/C24H17F6N5O/c1-33-21(11-8-14(25)19(27)15(26)9-11)13-10-12-5-6-17(20(13)31-33)35(12)23(36)18-16-4-2-3-7-34(16)32-22(18)24(28,29)30/h2-4,7-9,12,17H,5-6,10H2,1H3/t12-,17+/m0/s1. The molecule has 0 saturated carbocycles. The summed E-state index contributed by atoms with van der Waals surface area (Å²) < 4.78 is 85.4. The predicted octanol–water partition coefficient (Wildman–Crippen LogP) is 5.07. The highest BCUT2D eigenvalue weighted by Gasteiger charge is 2.49. The molecule has 6 rings (SSSR count). The van der Waals surface area contributed by atoms with Crippen molar-refractivity contribution in [2.24, 2.45) is 7.05 Å².